The third-order valence-electron chi connectivity index (χ3n) is 5.89. The van der Waals surface area contributed by atoms with Gasteiger partial charge < -0.3 is 9.94 Å². The molecule has 3 aromatic rings. The Labute approximate surface area is 189 Å². The number of aliphatic carboxylic acids is 1. The van der Waals surface area contributed by atoms with E-state index >= 15 is 0 Å². The Kier molecular flexibility index (Phi) is 6.97. The van der Waals surface area contributed by atoms with Crippen molar-refractivity contribution in [1.29, 1.82) is 0 Å². The van der Waals surface area contributed by atoms with Crippen LogP contribution in [0.2, 0.25) is 0 Å². The van der Waals surface area contributed by atoms with Crippen LogP contribution < -0.4 is 0 Å². The first-order valence-electron chi connectivity index (χ1n) is 10.9. The highest BCUT2D eigenvalue weighted by atomic mass is 16.6. The van der Waals surface area contributed by atoms with Crippen molar-refractivity contribution in [3.8, 4) is 11.1 Å². The number of hydrogen-bond acceptors (Lipinski definition) is 4. The third-order valence-corrected chi connectivity index (χ3v) is 5.89. The van der Waals surface area contributed by atoms with Gasteiger partial charge in [-0.1, -0.05) is 84.0 Å². The van der Waals surface area contributed by atoms with E-state index in [1.807, 2.05) is 37.3 Å². The van der Waals surface area contributed by atoms with Crippen molar-refractivity contribution >= 4 is 11.7 Å². The molecule has 1 aliphatic rings. The minimum absolute atomic E-state index is 0.240. The number of benzene rings is 3. The van der Waals surface area contributed by atoms with Crippen LogP contribution in [0.15, 0.2) is 84.0 Å². The summed E-state index contributed by atoms with van der Waals surface area (Å²) in [5.74, 6) is -0.933. The summed E-state index contributed by atoms with van der Waals surface area (Å²) in [6, 6.07) is 26.8. The monoisotopic (exact) mass is 428 g/mol. The Hall–Kier alpha value is -3.44. The highest BCUT2D eigenvalue weighted by molar-refractivity contribution is 5.98. The Morgan fingerprint density at radius 1 is 0.969 bits per heavy atom. The van der Waals surface area contributed by atoms with Gasteiger partial charge in [0.2, 0.25) is 0 Å². The first-order chi connectivity index (χ1) is 15.6. The van der Waals surface area contributed by atoms with Crippen LogP contribution in [-0.2, 0) is 22.8 Å². The zero-order chi connectivity index (χ0) is 22.3. The molecule has 0 spiro atoms. The lowest BCUT2D eigenvalue weighted by Gasteiger charge is -2.15. The van der Waals surface area contributed by atoms with Gasteiger partial charge in [0.15, 0.2) is 0 Å². The van der Waals surface area contributed by atoms with Crippen LogP contribution in [0.25, 0.3) is 11.1 Å². The van der Waals surface area contributed by atoms with Crippen LogP contribution in [0.1, 0.15) is 30.0 Å². The van der Waals surface area contributed by atoms with Crippen molar-refractivity contribution in [3.63, 3.8) is 0 Å². The fourth-order valence-electron chi connectivity index (χ4n) is 3.97. The quantitative estimate of drug-likeness (QED) is 0.396. The Morgan fingerprint density at radius 3 is 2.28 bits per heavy atom. The summed E-state index contributed by atoms with van der Waals surface area (Å²) < 4.78 is 0. The van der Waals surface area contributed by atoms with Gasteiger partial charge in [-0.25, -0.2) is 0 Å². The number of rotatable bonds is 8. The minimum atomic E-state index is -0.693. The van der Waals surface area contributed by atoms with Crippen molar-refractivity contribution in [2.45, 2.75) is 26.5 Å². The van der Waals surface area contributed by atoms with E-state index in [0.29, 0.717) is 13.2 Å². The first kappa shape index (κ1) is 21.8. The summed E-state index contributed by atoms with van der Waals surface area (Å²) in [7, 11) is 0. The molecule has 5 nitrogen and oxygen atoms in total. The van der Waals surface area contributed by atoms with Gasteiger partial charge in [-0.2, -0.15) is 0 Å². The van der Waals surface area contributed by atoms with Crippen molar-refractivity contribution in [2.75, 3.05) is 13.1 Å². The van der Waals surface area contributed by atoms with E-state index in [9.17, 15) is 4.79 Å². The molecule has 1 aliphatic heterocycles. The number of oxime groups is 1. The summed E-state index contributed by atoms with van der Waals surface area (Å²) in [6.07, 6.45) is 0.728. The molecule has 0 bridgehead atoms. The van der Waals surface area contributed by atoms with E-state index in [0.717, 1.165) is 36.3 Å². The van der Waals surface area contributed by atoms with E-state index in [-0.39, 0.29) is 5.92 Å². The number of likely N-dealkylation sites (tertiary alicyclic amines) is 1. The molecule has 164 valence electrons. The van der Waals surface area contributed by atoms with Gasteiger partial charge in [-0.3, -0.25) is 9.69 Å². The Bertz CT molecular complexity index is 1060. The molecule has 32 heavy (non-hydrogen) atoms. The maximum atomic E-state index is 11.1. The summed E-state index contributed by atoms with van der Waals surface area (Å²) in [5.41, 5.74) is 6.46. The average molecular weight is 429 g/mol. The van der Waals surface area contributed by atoms with Gasteiger partial charge in [0, 0.05) is 13.1 Å². The number of carboxylic acids is 1. The lowest BCUT2D eigenvalue weighted by molar-refractivity contribution is -0.141. The molecule has 1 saturated heterocycles. The SMILES string of the molecule is CC(=NOCc1ccc(-c2ccccc2)cc1)c1ccc(CN2CCC(C(=O)O)C2)cc1. The van der Waals surface area contributed by atoms with Gasteiger partial charge in [0.25, 0.3) is 0 Å². The molecule has 1 fully saturated rings. The predicted octanol–water partition coefficient (Wildman–Crippen LogP) is 5.20. The summed E-state index contributed by atoms with van der Waals surface area (Å²) in [4.78, 5) is 18.9. The lowest BCUT2D eigenvalue weighted by atomic mass is 10.0. The molecule has 0 aliphatic carbocycles. The smallest absolute Gasteiger partial charge is 0.307 e. The predicted molar refractivity (Wildman–Crippen MR) is 126 cm³/mol. The Balaban J connectivity index is 1.28. The summed E-state index contributed by atoms with van der Waals surface area (Å²) in [6.45, 7) is 4.59. The highest BCUT2D eigenvalue weighted by Gasteiger charge is 2.27. The van der Waals surface area contributed by atoms with E-state index in [4.69, 9.17) is 9.94 Å². The Morgan fingerprint density at radius 2 is 1.62 bits per heavy atom. The highest BCUT2D eigenvalue weighted by Crippen LogP contribution is 2.20. The first-order valence-corrected chi connectivity index (χ1v) is 10.9. The van der Waals surface area contributed by atoms with Crippen molar-refractivity contribution < 1.29 is 14.7 Å². The second-order valence-electron chi connectivity index (χ2n) is 8.27. The molecule has 4 rings (SSSR count). The van der Waals surface area contributed by atoms with Crippen molar-refractivity contribution in [1.82, 2.24) is 4.90 Å². The van der Waals surface area contributed by atoms with Crippen molar-refractivity contribution in [3.05, 3.63) is 95.6 Å². The minimum Gasteiger partial charge on any atom is -0.481 e. The van der Waals surface area contributed by atoms with E-state index < -0.39 is 5.97 Å². The molecule has 0 radical (unpaired) electrons. The molecule has 3 aromatic carbocycles. The maximum absolute atomic E-state index is 11.1. The van der Waals surface area contributed by atoms with E-state index in [1.165, 1.54) is 16.7 Å². The normalized spacial score (nSPS) is 16.8. The van der Waals surface area contributed by atoms with Crippen LogP contribution in [0.5, 0.6) is 0 Å². The zero-order valence-corrected chi connectivity index (χ0v) is 18.3. The number of carbonyl (C=O) groups is 1. The molecule has 1 unspecified atom stereocenters. The van der Waals surface area contributed by atoms with E-state index in [1.54, 1.807) is 0 Å². The van der Waals surface area contributed by atoms with Crippen molar-refractivity contribution in [2.24, 2.45) is 11.1 Å². The molecular weight excluding hydrogens is 400 g/mol. The molecule has 1 atom stereocenters. The zero-order valence-electron chi connectivity index (χ0n) is 18.3. The largest absolute Gasteiger partial charge is 0.481 e. The van der Waals surface area contributed by atoms with Gasteiger partial charge in [-0.05, 0) is 47.7 Å². The second-order valence-corrected chi connectivity index (χ2v) is 8.27. The van der Waals surface area contributed by atoms with Crippen LogP contribution in [0.4, 0.5) is 0 Å². The van der Waals surface area contributed by atoms with Crippen LogP contribution in [-0.4, -0.2) is 34.8 Å². The topological polar surface area (TPSA) is 62.1 Å². The van der Waals surface area contributed by atoms with Crippen LogP contribution >= 0.6 is 0 Å². The van der Waals surface area contributed by atoms with Gasteiger partial charge in [0.1, 0.15) is 6.61 Å². The molecule has 0 amide bonds. The fourth-order valence-corrected chi connectivity index (χ4v) is 3.97. The van der Waals surface area contributed by atoms with E-state index in [2.05, 4.69) is 58.6 Å². The number of nitrogens with zero attached hydrogens (tertiary/aromatic N) is 2. The molecule has 0 saturated carbocycles. The third kappa shape index (κ3) is 5.62. The molecule has 0 aromatic heterocycles. The average Bonchev–Trinajstić information content (AvgIpc) is 3.29. The molecule has 1 heterocycles. The molecular formula is C27H28N2O3. The fraction of sp³-hybridized carbons (Fsp3) is 0.259. The maximum Gasteiger partial charge on any atom is 0.307 e. The summed E-state index contributed by atoms with van der Waals surface area (Å²) in [5, 5.41) is 13.4. The van der Waals surface area contributed by atoms with Gasteiger partial charge >= 0.3 is 5.97 Å². The molecule has 5 heteroatoms. The lowest BCUT2D eigenvalue weighted by Crippen LogP contribution is -2.22. The van der Waals surface area contributed by atoms with Gasteiger partial charge in [-0.15, -0.1) is 0 Å². The van der Waals surface area contributed by atoms with Crippen LogP contribution in [0, 0.1) is 5.92 Å². The summed E-state index contributed by atoms with van der Waals surface area (Å²) >= 11 is 0. The molecule has 1 N–H and O–H groups in total. The second kappa shape index (κ2) is 10.2. The van der Waals surface area contributed by atoms with Gasteiger partial charge in [0.05, 0.1) is 11.6 Å². The number of carboxylic acid groups (broad SMARTS) is 1. The van der Waals surface area contributed by atoms with Crippen LogP contribution in [0.3, 0.4) is 0 Å². The standard InChI is InChI=1S/C27H28N2O3/c1-20(23-11-7-21(8-12-23)17-29-16-15-26(18-29)27(30)31)28-32-19-22-9-13-25(14-10-22)24-5-3-2-4-6-24/h2-14,26H,15-19H2,1H3,(H,30,31). The number of hydrogen-bond donors (Lipinski definition) is 1.